The highest BCUT2D eigenvalue weighted by Gasteiger charge is 2.14. The van der Waals surface area contributed by atoms with Crippen molar-refractivity contribution in [3.63, 3.8) is 0 Å². The van der Waals surface area contributed by atoms with Gasteiger partial charge in [-0.3, -0.25) is 4.98 Å². The summed E-state index contributed by atoms with van der Waals surface area (Å²) >= 11 is 5.78. The number of aryl methyl sites for hydroxylation is 2. The summed E-state index contributed by atoms with van der Waals surface area (Å²) in [6.07, 6.45) is 1.73. The molecule has 36 heavy (non-hydrogen) atoms. The molecule has 3 aromatic heterocycles. The van der Waals surface area contributed by atoms with E-state index < -0.39 is 11.8 Å². The summed E-state index contributed by atoms with van der Waals surface area (Å²) in [4.78, 5) is 25.7. The van der Waals surface area contributed by atoms with E-state index in [1.165, 1.54) is 16.8 Å². The minimum Gasteiger partial charge on any atom is -0.331 e. The molecule has 0 unspecified atom stereocenters. The fourth-order valence-corrected chi connectivity index (χ4v) is 3.86. The van der Waals surface area contributed by atoms with Gasteiger partial charge in [-0.1, -0.05) is 23.7 Å². The van der Waals surface area contributed by atoms with E-state index >= 15 is 0 Å². The number of halogens is 2. The molecule has 2 N–H and O–H groups in total. The molecular weight excluding hydrogens is 485 g/mol. The van der Waals surface area contributed by atoms with Crippen molar-refractivity contribution < 1.29 is 9.18 Å². The van der Waals surface area contributed by atoms with Gasteiger partial charge in [-0.05, 0) is 44.2 Å². The van der Waals surface area contributed by atoms with Crippen LogP contribution in [0.5, 0.6) is 0 Å². The van der Waals surface area contributed by atoms with Crippen LogP contribution in [0.1, 0.15) is 23.3 Å². The van der Waals surface area contributed by atoms with E-state index in [9.17, 15) is 9.18 Å². The first-order valence-corrected chi connectivity index (χ1v) is 11.4. The van der Waals surface area contributed by atoms with Crippen molar-refractivity contribution in [3.8, 4) is 11.4 Å². The van der Waals surface area contributed by atoms with Gasteiger partial charge in [-0.25, -0.2) is 28.5 Å². The molecule has 10 nitrogen and oxygen atoms in total. The van der Waals surface area contributed by atoms with E-state index in [0.29, 0.717) is 29.0 Å². The average molecular weight is 506 g/mol. The van der Waals surface area contributed by atoms with Crippen LogP contribution in [0.15, 0.2) is 54.7 Å². The molecule has 0 spiro atoms. The number of hydrogen-bond acceptors (Lipinski definition) is 6. The molecule has 0 radical (unpaired) electrons. The summed E-state index contributed by atoms with van der Waals surface area (Å²) in [6.45, 7) is 3.71. The third kappa shape index (κ3) is 4.86. The van der Waals surface area contributed by atoms with Gasteiger partial charge in [0.05, 0.1) is 35.0 Å². The Labute approximate surface area is 210 Å². The van der Waals surface area contributed by atoms with E-state index in [0.717, 1.165) is 16.6 Å². The molecule has 5 rings (SSSR count). The first kappa shape index (κ1) is 23.4. The highest BCUT2D eigenvalue weighted by molar-refractivity contribution is 6.30. The Hall–Kier alpha value is -4.38. The van der Waals surface area contributed by atoms with Crippen LogP contribution >= 0.6 is 11.6 Å². The van der Waals surface area contributed by atoms with Gasteiger partial charge in [0.15, 0.2) is 11.6 Å². The van der Waals surface area contributed by atoms with E-state index in [4.69, 9.17) is 11.6 Å². The Kier molecular flexibility index (Phi) is 6.30. The third-order valence-corrected chi connectivity index (χ3v) is 5.66. The Bertz CT molecular complexity index is 1580. The highest BCUT2D eigenvalue weighted by atomic mass is 35.5. The van der Waals surface area contributed by atoms with Crippen LogP contribution in [0.3, 0.4) is 0 Å². The number of nitrogens with one attached hydrogen (secondary N) is 2. The monoisotopic (exact) mass is 505 g/mol. The lowest BCUT2D eigenvalue weighted by Gasteiger charge is -2.10. The number of fused-ring (bicyclic) bond motifs is 1. The second kappa shape index (κ2) is 9.70. The fraction of sp³-hybridized carbons (Fsp3) is 0.167. The van der Waals surface area contributed by atoms with Crippen LogP contribution in [-0.4, -0.2) is 40.5 Å². The van der Waals surface area contributed by atoms with Gasteiger partial charge in [0, 0.05) is 17.6 Å². The maximum atomic E-state index is 13.9. The largest absolute Gasteiger partial charge is 0.331 e. The van der Waals surface area contributed by atoms with Gasteiger partial charge in [0.1, 0.15) is 17.5 Å². The van der Waals surface area contributed by atoms with E-state index in [2.05, 4.69) is 35.8 Å². The number of carbonyl (C=O) groups is 1. The van der Waals surface area contributed by atoms with Gasteiger partial charge in [-0.2, -0.15) is 10.2 Å². The minimum absolute atomic E-state index is 0.0117. The van der Waals surface area contributed by atoms with Gasteiger partial charge in [0.2, 0.25) is 0 Å². The number of rotatable bonds is 6. The van der Waals surface area contributed by atoms with Gasteiger partial charge >= 0.3 is 6.03 Å². The fourth-order valence-electron chi connectivity index (χ4n) is 3.74. The van der Waals surface area contributed by atoms with Crippen LogP contribution in [0.4, 0.5) is 9.18 Å². The third-order valence-electron chi connectivity index (χ3n) is 5.36. The van der Waals surface area contributed by atoms with Gasteiger partial charge in [0.25, 0.3) is 0 Å². The normalized spacial score (nSPS) is 11.1. The molecule has 182 valence electrons. The second-order valence-corrected chi connectivity index (χ2v) is 8.40. The quantitative estimate of drug-likeness (QED) is 0.362. The number of amides is 2. The molecule has 0 bridgehead atoms. The number of aromatic nitrogens is 7. The summed E-state index contributed by atoms with van der Waals surface area (Å²) in [5, 5.41) is 15.3. The van der Waals surface area contributed by atoms with Crippen LogP contribution < -0.4 is 10.6 Å². The first-order chi connectivity index (χ1) is 17.4. The predicted octanol–water partition coefficient (Wildman–Crippen LogP) is 3.80. The van der Waals surface area contributed by atoms with Crippen LogP contribution in [0, 0.1) is 19.7 Å². The average Bonchev–Trinajstić information content (AvgIpc) is 3.44. The Balaban J connectivity index is 1.27. The Morgan fingerprint density at radius 1 is 0.917 bits per heavy atom. The van der Waals surface area contributed by atoms with Crippen molar-refractivity contribution in [2.45, 2.75) is 26.9 Å². The molecule has 0 saturated carbocycles. The number of pyridine rings is 1. The topological polar surface area (TPSA) is 115 Å². The molecular formula is C24H21ClFN9O. The zero-order valence-electron chi connectivity index (χ0n) is 19.4. The zero-order chi connectivity index (χ0) is 25.2. The number of hydrogen-bond donors (Lipinski definition) is 2. The Morgan fingerprint density at radius 2 is 1.53 bits per heavy atom. The number of nitrogens with zero attached hydrogens (tertiary/aromatic N) is 7. The van der Waals surface area contributed by atoms with Gasteiger partial charge in [-0.15, -0.1) is 0 Å². The molecule has 0 atom stereocenters. The summed E-state index contributed by atoms with van der Waals surface area (Å²) < 4.78 is 17.1. The maximum Gasteiger partial charge on any atom is 0.315 e. The summed E-state index contributed by atoms with van der Waals surface area (Å²) in [7, 11) is 0. The number of carbonyl (C=O) groups excluding carboxylic acids is 1. The zero-order valence-corrected chi connectivity index (χ0v) is 20.2. The maximum absolute atomic E-state index is 13.9. The van der Waals surface area contributed by atoms with E-state index in [1.54, 1.807) is 30.8 Å². The molecule has 0 aliphatic rings. The molecule has 2 amide bonds. The molecule has 3 heterocycles. The number of benzene rings is 2. The smallest absolute Gasteiger partial charge is 0.315 e. The molecule has 2 aromatic carbocycles. The molecule has 5 aromatic rings. The van der Waals surface area contributed by atoms with Crippen LogP contribution in [0.2, 0.25) is 5.02 Å². The van der Waals surface area contributed by atoms with Crippen molar-refractivity contribution in [3.05, 3.63) is 88.9 Å². The van der Waals surface area contributed by atoms with Crippen molar-refractivity contribution in [1.29, 1.82) is 0 Å². The molecule has 0 saturated heterocycles. The predicted molar refractivity (Wildman–Crippen MR) is 132 cm³/mol. The number of urea groups is 1. The lowest BCUT2D eigenvalue weighted by molar-refractivity contribution is 0.239. The standard InChI is InChI=1S/C24H21ClFN9O/c1-14-30-22(34(32-14)17-7-8-19(25)20(26)10-17)12-28-24(36)29-13-23-31-15(2)33-35(23)18-6-5-16-4-3-9-27-21(16)11-18/h3-11H,12-13H2,1-2H3,(H2,28,29,36). The van der Waals surface area contributed by atoms with Crippen LogP contribution in [-0.2, 0) is 13.1 Å². The summed E-state index contributed by atoms with van der Waals surface area (Å²) in [6, 6.07) is 13.6. The minimum atomic E-state index is -0.569. The Morgan fingerprint density at radius 3 is 2.17 bits per heavy atom. The van der Waals surface area contributed by atoms with Crippen molar-refractivity contribution in [1.82, 2.24) is 45.1 Å². The SMILES string of the molecule is Cc1nc(CNC(=O)NCc2nc(C)nn2-c2ccc3cccnc3c2)n(-c2ccc(Cl)c(F)c2)n1. The van der Waals surface area contributed by atoms with Crippen molar-refractivity contribution in [2.24, 2.45) is 0 Å². The molecule has 0 fully saturated rings. The van der Waals surface area contributed by atoms with E-state index in [1.807, 2.05) is 30.3 Å². The summed E-state index contributed by atoms with van der Waals surface area (Å²) in [5.41, 5.74) is 2.07. The lowest BCUT2D eigenvalue weighted by atomic mass is 10.2. The highest BCUT2D eigenvalue weighted by Crippen LogP contribution is 2.19. The van der Waals surface area contributed by atoms with Crippen molar-refractivity contribution >= 4 is 28.5 Å². The van der Waals surface area contributed by atoms with Crippen molar-refractivity contribution in [2.75, 3.05) is 0 Å². The lowest BCUT2D eigenvalue weighted by Crippen LogP contribution is -2.36. The van der Waals surface area contributed by atoms with E-state index in [-0.39, 0.29) is 18.1 Å². The van der Waals surface area contributed by atoms with Crippen LogP contribution in [0.25, 0.3) is 22.3 Å². The first-order valence-electron chi connectivity index (χ1n) is 11.0. The molecule has 0 aliphatic heterocycles. The van der Waals surface area contributed by atoms with Gasteiger partial charge < -0.3 is 10.6 Å². The second-order valence-electron chi connectivity index (χ2n) is 7.99. The molecule has 12 heteroatoms. The summed E-state index contributed by atoms with van der Waals surface area (Å²) in [5.74, 6) is 1.49. The molecule has 0 aliphatic carbocycles.